The number of nitrogens with zero attached hydrogens (tertiary/aromatic N) is 1. The number of halogens is 4. The minimum atomic E-state index is -3.44. The van der Waals surface area contributed by atoms with Gasteiger partial charge in [0.05, 0.1) is 11.1 Å². The number of aromatic nitrogens is 1. The van der Waals surface area contributed by atoms with Crippen molar-refractivity contribution in [3.05, 3.63) is 27.5 Å². The van der Waals surface area contributed by atoms with Crippen LogP contribution in [0.3, 0.4) is 0 Å². The quantitative estimate of drug-likeness (QED) is 0.833. The summed E-state index contributed by atoms with van der Waals surface area (Å²) in [4.78, 5) is 15.2. The van der Waals surface area contributed by atoms with Crippen LogP contribution < -0.4 is 5.32 Å². The molecule has 21 heavy (non-hydrogen) atoms. The van der Waals surface area contributed by atoms with Crippen molar-refractivity contribution in [3.8, 4) is 0 Å². The highest BCUT2D eigenvalue weighted by Crippen LogP contribution is 2.35. The van der Waals surface area contributed by atoms with Crippen LogP contribution in [-0.4, -0.2) is 22.7 Å². The van der Waals surface area contributed by atoms with E-state index in [-0.39, 0.29) is 5.02 Å². The van der Waals surface area contributed by atoms with E-state index in [1.807, 2.05) is 0 Å². The second kappa shape index (κ2) is 6.44. The van der Waals surface area contributed by atoms with E-state index in [1.54, 1.807) is 20.8 Å². The molecule has 1 N–H and O–H groups in total. The third kappa shape index (κ3) is 5.07. The summed E-state index contributed by atoms with van der Waals surface area (Å²) in [5.41, 5.74) is -1.37. The molecule has 0 radical (unpaired) electrons. The van der Waals surface area contributed by atoms with Crippen molar-refractivity contribution < 1.29 is 18.3 Å². The minimum Gasteiger partial charge on any atom is -0.444 e. The van der Waals surface area contributed by atoms with Crippen LogP contribution in [0.5, 0.6) is 0 Å². The molecular weight excluding hydrogens is 370 g/mol. The van der Waals surface area contributed by atoms with Crippen LogP contribution >= 0.6 is 27.5 Å². The summed E-state index contributed by atoms with van der Waals surface area (Å²) >= 11 is 8.88. The topological polar surface area (TPSA) is 51.2 Å². The lowest BCUT2D eigenvalue weighted by Gasteiger charge is -2.26. The molecule has 0 saturated carbocycles. The molecule has 0 aliphatic carbocycles. The first-order valence-corrected chi connectivity index (χ1v) is 7.29. The molecule has 8 heteroatoms. The highest BCUT2D eigenvalue weighted by Gasteiger charge is 2.43. The average molecular weight is 386 g/mol. The molecular formula is C13H16BrClF2N2O2. The number of carbonyl (C=O) groups excluding carboxylic acids is 1. The maximum Gasteiger partial charge on any atom is 0.408 e. The van der Waals surface area contributed by atoms with Gasteiger partial charge in [0, 0.05) is 10.7 Å². The molecule has 1 unspecified atom stereocenters. The SMILES string of the molecule is CC(NC(=O)OC(C)(C)C)C(F)(F)c1ncc(Br)cc1Cl. The fourth-order valence-corrected chi connectivity index (χ4v) is 2.20. The Kier molecular flexibility index (Phi) is 5.55. The van der Waals surface area contributed by atoms with Crippen LogP contribution in [0.4, 0.5) is 13.6 Å². The van der Waals surface area contributed by atoms with Gasteiger partial charge in [0.25, 0.3) is 0 Å². The standard InChI is InChI=1S/C13H16BrClF2N2O2/c1-7(19-11(20)21-12(2,3)4)13(16,17)10-9(15)5-8(14)6-18-10/h5-7H,1-4H3,(H,19,20). The third-order valence-corrected chi connectivity index (χ3v) is 3.12. The van der Waals surface area contributed by atoms with Gasteiger partial charge in [-0.1, -0.05) is 11.6 Å². The number of carbonyl (C=O) groups is 1. The number of rotatable bonds is 3. The van der Waals surface area contributed by atoms with Gasteiger partial charge >= 0.3 is 12.0 Å². The largest absolute Gasteiger partial charge is 0.444 e. The summed E-state index contributed by atoms with van der Waals surface area (Å²) < 4.78 is 34.0. The maximum absolute atomic E-state index is 14.3. The monoisotopic (exact) mass is 384 g/mol. The van der Waals surface area contributed by atoms with Crippen molar-refractivity contribution in [1.82, 2.24) is 10.3 Å². The Morgan fingerprint density at radius 2 is 2.05 bits per heavy atom. The van der Waals surface area contributed by atoms with Crippen LogP contribution in [0.15, 0.2) is 16.7 Å². The van der Waals surface area contributed by atoms with Crippen LogP contribution in [0, 0.1) is 0 Å². The third-order valence-electron chi connectivity index (χ3n) is 2.40. The van der Waals surface area contributed by atoms with Crippen LogP contribution in [0.1, 0.15) is 33.4 Å². The summed E-state index contributed by atoms with van der Waals surface area (Å²) in [5.74, 6) is -3.44. The summed E-state index contributed by atoms with van der Waals surface area (Å²) in [5, 5.41) is 1.91. The van der Waals surface area contributed by atoms with E-state index in [2.05, 4.69) is 26.2 Å². The predicted octanol–water partition coefficient (Wildman–Crippen LogP) is 4.50. The first-order chi connectivity index (χ1) is 9.43. The molecule has 0 aliphatic rings. The Balaban J connectivity index is 2.89. The average Bonchev–Trinajstić information content (AvgIpc) is 2.25. The van der Waals surface area contributed by atoms with E-state index in [0.29, 0.717) is 4.47 Å². The number of alkyl halides is 2. The van der Waals surface area contributed by atoms with Gasteiger partial charge in [-0.25, -0.2) is 4.79 Å². The van der Waals surface area contributed by atoms with Crippen LogP contribution in [-0.2, 0) is 10.7 Å². The van der Waals surface area contributed by atoms with E-state index in [1.165, 1.54) is 12.3 Å². The smallest absolute Gasteiger partial charge is 0.408 e. The van der Waals surface area contributed by atoms with Gasteiger partial charge in [-0.2, -0.15) is 8.78 Å². The lowest BCUT2D eigenvalue weighted by Crippen LogP contribution is -2.46. The Hall–Kier alpha value is -0.950. The molecule has 1 amide bonds. The number of hydrogen-bond donors (Lipinski definition) is 1. The molecule has 1 aromatic rings. The normalized spacial score (nSPS) is 13.7. The number of alkyl carbamates (subject to hydrolysis) is 1. The predicted molar refractivity (Wildman–Crippen MR) is 79.7 cm³/mol. The first-order valence-electron chi connectivity index (χ1n) is 6.12. The van der Waals surface area contributed by atoms with Gasteiger partial charge in [-0.05, 0) is 49.7 Å². The van der Waals surface area contributed by atoms with Crippen molar-refractivity contribution in [2.24, 2.45) is 0 Å². The van der Waals surface area contributed by atoms with Crippen molar-refractivity contribution >= 4 is 33.6 Å². The molecule has 0 spiro atoms. The molecule has 1 aromatic heterocycles. The lowest BCUT2D eigenvalue weighted by atomic mass is 10.1. The number of ether oxygens (including phenoxy) is 1. The molecule has 0 bridgehead atoms. The summed E-state index contributed by atoms with van der Waals surface area (Å²) in [6, 6.07) is -0.212. The van der Waals surface area contributed by atoms with E-state index in [9.17, 15) is 13.6 Å². The highest BCUT2D eigenvalue weighted by atomic mass is 79.9. The van der Waals surface area contributed by atoms with E-state index in [0.717, 1.165) is 6.92 Å². The van der Waals surface area contributed by atoms with Crippen molar-refractivity contribution in [1.29, 1.82) is 0 Å². The zero-order valence-electron chi connectivity index (χ0n) is 12.0. The molecule has 1 rings (SSSR count). The number of hydrogen-bond acceptors (Lipinski definition) is 3. The molecule has 0 saturated heterocycles. The summed E-state index contributed by atoms with van der Waals surface area (Å²) in [7, 11) is 0. The van der Waals surface area contributed by atoms with E-state index < -0.39 is 29.4 Å². The van der Waals surface area contributed by atoms with Crippen molar-refractivity contribution in [2.45, 2.75) is 45.3 Å². The van der Waals surface area contributed by atoms with Gasteiger partial charge < -0.3 is 10.1 Å². The molecule has 0 aromatic carbocycles. The first kappa shape index (κ1) is 18.1. The van der Waals surface area contributed by atoms with Gasteiger partial charge in [0.1, 0.15) is 11.3 Å². The van der Waals surface area contributed by atoms with E-state index in [4.69, 9.17) is 16.3 Å². The zero-order chi connectivity index (χ0) is 16.4. The summed E-state index contributed by atoms with van der Waals surface area (Å²) in [6.45, 7) is 6.08. The van der Waals surface area contributed by atoms with Crippen LogP contribution in [0.2, 0.25) is 5.02 Å². The second-order valence-corrected chi connectivity index (χ2v) is 6.80. The summed E-state index contributed by atoms with van der Waals surface area (Å²) in [6.07, 6.45) is 0.290. The zero-order valence-corrected chi connectivity index (χ0v) is 14.3. The van der Waals surface area contributed by atoms with Gasteiger partial charge in [0.2, 0.25) is 0 Å². The molecule has 0 aliphatic heterocycles. The van der Waals surface area contributed by atoms with Gasteiger partial charge in [-0.15, -0.1) is 0 Å². The molecule has 1 heterocycles. The highest BCUT2D eigenvalue weighted by molar-refractivity contribution is 9.10. The fraction of sp³-hybridized carbons (Fsp3) is 0.538. The van der Waals surface area contributed by atoms with E-state index >= 15 is 0 Å². The fourth-order valence-electron chi connectivity index (χ4n) is 1.44. The lowest BCUT2D eigenvalue weighted by molar-refractivity contribution is -0.0447. The Bertz CT molecular complexity index is 535. The van der Waals surface area contributed by atoms with Gasteiger partial charge in [0.15, 0.2) is 0 Å². The minimum absolute atomic E-state index is 0.188. The van der Waals surface area contributed by atoms with Crippen molar-refractivity contribution in [3.63, 3.8) is 0 Å². The molecule has 4 nitrogen and oxygen atoms in total. The van der Waals surface area contributed by atoms with Crippen LogP contribution in [0.25, 0.3) is 0 Å². The number of nitrogens with one attached hydrogen (secondary N) is 1. The second-order valence-electron chi connectivity index (χ2n) is 5.47. The number of pyridine rings is 1. The Morgan fingerprint density at radius 3 is 2.52 bits per heavy atom. The Labute approximate surface area is 135 Å². The number of amides is 1. The Morgan fingerprint density at radius 1 is 1.48 bits per heavy atom. The molecule has 1 atom stereocenters. The van der Waals surface area contributed by atoms with Crippen molar-refractivity contribution in [2.75, 3.05) is 0 Å². The molecule has 118 valence electrons. The van der Waals surface area contributed by atoms with Gasteiger partial charge in [-0.3, -0.25) is 4.98 Å². The maximum atomic E-state index is 14.3. The molecule has 0 fully saturated rings.